The van der Waals surface area contributed by atoms with Crippen molar-refractivity contribution in [3.63, 3.8) is 0 Å². The quantitative estimate of drug-likeness (QED) is 0.342. The molecule has 1 aliphatic rings. The fourth-order valence-electron chi connectivity index (χ4n) is 0.964. The van der Waals surface area contributed by atoms with Gasteiger partial charge in [0.15, 0.2) is 0 Å². The van der Waals surface area contributed by atoms with Crippen LogP contribution in [0.2, 0.25) is 0 Å². The normalized spacial score (nSPS) is 15.1. The third-order valence-corrected chi connectivity index (χ3v) is 1.62. The number of allylic oxidation sites excluding steroid dienone is 4. The van der Waals surface area contributed by atoms with Crippen molar-refractivity contribution in [1.29, 1.82) is 5.26 Å². The second-order valence-electron chi connectivity index (χ2n) is 2.51. The lowest BCUT2D eigenvalue weighted by Gasteiger charge is -1.98. The van der Waals surface area contributed by atoms with E-state index in [9.17, 15) is 4.79 Å². The summed E-state index contributed by atoms with van der Waals surface area (Å²) in [5.74, 6) is 4.57. The monoisotopic (exact) mass is 175 g/mol. The van der Waals surface area contributed by atoms with Gasteiger partial charge in [-0.05, 0) is 12.2 Å². The standard InChI is InChI=1S/C9H9N3O/c10-6-7-3-1-2-4-8(5-7)9(13)12-11/h1-2,4-5H,3,11H2,(H,12,13). The minimum absolute atomic E-state index is 0.390. The van der Waals surface area contributed by atoms with Gasteiger partial charge in [0, 0.05) is 17.6 Å². The van der Waals surface area contributed by atoms with Crippen LogP contribution in [0.1, 0.15) is 6.42 Å². The number of carbonyl (C=O) groups excluding carboxylic acids is 1. The third kappa shape index (κ3) is 2.29. The number of hydrogen-bond donors (Lipinski definition) is 2. The van der Waals surface area contributed by atoms with Gasteiger partial charge < -0.3 is 0 Å². The number of hydrazine groups is 1. The van der Waals surface area contributed by atoms with Crippen molar-refractivity contribution in [3.8, 4) is 6.07 Å². The molecule has 0 aromatic heterocycles. The van der Waals surface area contributed by atoms with Gasteiger partial charge in [0.05, 0.1) is 6.07 Å². The molecule has 0 fully saturated rings. The van der Waals surface area contributed by atoms with E-state index in [2.05, 4.69) is 0 Å². The number of nitrogens with one attached hydrogen (secondary N) is 1. The van der Waals surface area contributed by atoms with Crippen molar-refractivity contribution < 1.29 is 4.79 Å². The van der Waals surface area contributed by atoms with Crippen LogP contribution in [0.5, 0.6) is 0 Å². The Morgan fingerprint density at radius 1 is 1.69 bits per heavy atom. The van der Waals surface area contributed by atoms with Crippen molar-refractivity contribution in [2.75, 3.05) is 0 Å². The van der Waals surface area contributed by atoms with Crippen molar-refractivity contribution in [3.05, 3.63) is 35.5 Å². The number of nitrogens with two attached hydrogens (primary N) is 1. The molecule has 0 unspecified atom stereocenters. The van der Waals surface area contributed by atoms with E-state index >= 15 is 0 Å². The second-order valence-corrected chi connectivity index (χ2v) is 2.51. The predicted octanol–water partition coefficient (Wildman–Crippen LogP) is 0.313. The van der Waals surface area contributed by atoms with Crippen LogP contribution >= 0.6 is 0 Å². The molecule has 1 rings (SSSR count). The summed E-state index contributed by atoms with van der Waals surface area (Å²) < 4.78 is 0. The third-order valence-electron chi connectivity index (χ3n) is 1.62. The first-order valence-electron chi connectivity index (χ1n) is 3.76. The lowest BCUT2D eigenvalue weighted by molar-refractivity contribution is -0.117. The lowest BCUT2D eigenvalue weighted by Crippen LogP contribution is -2.30. The Labute approximate surface area is 76.0 Å². The van der Waals surface area contributed by atoms with Crippen LogP contribution in [0.4, 0.5) is 0 Å². The molecule has 0 aromatic rings. The Hall–Kier alpha value is -1.86. The summed E-state index contributed by atoms with van der Waals surface area (Å²) in [6.07, 6.45) is 7.24. The van der Waals surface area contributed by atoms with Crippen LogP contribution in [0.3, 0.4) is 0 Å². The van der Waals surface area contributed by atoms with Gasteiger partial charge in [0.2, 0.25) is 0 Å². The van der Waals surface area contributed by atoms with Crippen molar-refractivity contribution in [2.45, 2.75) is 6.42 Å². The van der Waals surface area contributed by atoms with Gasteiger partial charge in [0.25, 0.3) is 5.91 Å². The van der Waals surface area contributed by atoms with Crippen LogP contribution in [0, 0.1) is 11.3 Å². The van der Waals surface area contributed by atoms with Crippen molar-refractivity contribution >= 4 is 5.91 Å². The molecule has 4 heteroatoms. The van der Waals surface area contributed by atoms with Gasteiger partial charge in [-0.2, -0.15) is 5.26 Å². The zero-order valence-corrected chi connectivity index (χ0v) is 6.95. The predicted molar refractivity (Wildman–Crippen MR) is 47.9 cm³/mol. The zero-order valence-electron chi connectivity index (χ0n) is 6.95. The highest BCUT2D eigenvalue weighted by Crippen LogP contribution is 2.11. The van der Waals surface area contributed by atoms with Gasteiger partial charge in [-0.3, -0.25) is 10.2 Å². The van der Waals surface area contributed by atoms with Crippen LogP contribution < -0.4 is 11.3 Å². The Balaban J connectivity index is 2.96. The molecule has 0 aliphatic heterocycles. The molecule has 1 amide bonds. The van der Waals surface area contributed by atoms with Gasteiger partial charge in [-0.1, -0.05) is 12.2 Å². The molecule has 0 heterocycles. The first kappa shape index (κ1) is 9.23. The summed E-state index contributed by atoms with van der Waals surface area (Å²) in [5, 5.41) is 8.65. The average molecular weight is 175 g/mol. The van der Waals surface area contributed by atoms with E-state index in [1.807, 2.05) is 17.6 Å². The first-order valence-corrected chi connectivity index (χ1v) is 3.76. The van der Waals surface area contributed by atoms with Gasteiger partial charge in [0.1, 0.15) is 0 Å². The molecule has 0 bridgehead atoms. The molecule has 4 nitrogen and oxygen atoms in total. The van der Waals surface area contributed by atoms with Crippen molar-refractivity contribution in [1.82, 2.24) is 5.43 Å². The summed E-state index contributed by atoms with van der Waals surface area (Å²) in [4.78, 5) is 11.1. The van der Waals surface area contributed by atoms with E-state index in [1.54, 1.807) is 12.2 Å². The summed E-state index contributed by atoms with van der Waals surface area (Å²) in [6.45, 7) is 0. The Morgan fingerprint density at radius 2 is 2.46 bits per heavy atom. The number of hydrogen-bond acceptors (Lipinski definition) is 3. The van der Waals surface area contributed by atoms with Crippen LogP contribution in [-0.4, -0.2) is 5.91 Å². The number of rotatable bonds is 1. The fourth-order valence-corrected chi connectivity index (χ4v) is 0.964. The number of carbonyl (C=O) groups is 1. The van der Waals surface area contributed by atoms with E-state index in [0.29, 0.717) is 17.6 Å². The molecule has 0 radical (unpaired) electrons. The molecule has 0 aromatic carbocycles. The minimum Gasteiger partial charge on any atom is -0.290 e. The van der Waals surface area contributed by atoms with E-state index in [4.69, 9.17) is 11.1 Å². The molecule has 13 heavy (non-hydrogen) atoms. The number of amides is 1. The smallest absolute Gasteiger partial charge is 0.265 e. The Morgan fingerprint density at radius 3 is 3.08 bits per heavy atom. The van der Waals surface area contributed by atoms with E-state index in [-0.39, 0.29) is 5.91 Å². The van der Waals surface area contributed by atoms with Gasteiger partial charge >= 0.3 is 0 Å². The first-order chi connectivity index (χ1) is 6.27. The second kappa shape index (κ2) is 4.24. The molecule has 0 spiro atoms. The maximum absolute atomic E-state index is 11.1. The molecule has 0 atom stereocenters. The molecule has 0 saturated carbocycles. The highest BCUT2D eigenvalue weighted by atomic mass is 16.2. The van der Waals surface area contributed by atoms with E-state index < -0.39 is 0 Å². The molecule has 3 N–H and O–H groups in total. The molecule has 1 aliphatic carbocycles. The van der Waals surface area contributed by atoms with Gasteiger partial charge in [-0.15, -0.1) is 0 Å². The highest BCUT2D eigenvalue weighted by Gasteiger charge is 2.06. The topological polar surface area (TPSA) is 78.9 Å². The van der Waals surface area contributed by atoms with E-state index in [0.717, 1.165) is 0 Å². The minimum atomic E-state index is -0.390. The highest BCUT2D eigenvalue weighted by molar-refractivity contribution is 5.96. The van der Waals surface area contributed by atoms with Crippen LogP contribution in [0.15, 0.2) is 35.5 Å². The summed E-state index contributed by atoms with van der Waals surface area (Å²) in [7, 11) is 0. The fraction of sp³-hybridized carbons (Fsp3) is 0.111. The Bertz CT molecular complexity index is 344. The summed E-state index contributed by atoms with van der Waals surface area (Å²) in [6, 6.07) is 2.00. The maximum atomic E-state index is 11.1. The lowest BCUT2D eigenvalue weighted by atomic mass is 10.1. The molecule has 66 valence electrons. The number of nitriles is 1. The van der Waals surface area contributed by atoms with Crippen LogP contribution in [0.25, 0.3) is 0 Å². The van der Waals surface area contributed by atoms with E-state index in [1.165, 1.54) is 6.08 Å². The zero-order chi connectivity index (χ0) is 9.68. The van der Waals surface area contributed by atoms with Gasteiger partial charge in [-0.25, -0.2) is 5.84 Å². The largest absolute Gasteiger partial charge is 0.290 e. The molecule has 0 saturated heterocycles. The maximum Gasteiger partial charge on any atom is 0.265 e. The molecular formula is C9H9N3O. The average Bonchev–Trinajstić information content (AvgIpc) is 2.41. The Kier molecular flexibility index (Phi) is 3.01. The van der Waals surface area contributed by atoms with Crippen LogP contribution in [-0.2, 0) is 4.79 Å². The summed E-state index contributed by atoms with van der Waals surface area (Å²) >= 11 is 0. The van der Waals surface area contributed by atoms with Crippen molar-refractivity contribution in [2.24, 2.45) is 5.84 Å². The SMILES string of the molecule is N#CC1=CC(C(=O)NN)=CC=CC1. The number of nitrogens with zero attached hydrogens (tertiary/aromatic N) is 1. The summed E-state index contributed by atoms with van der Waals surface area (Å²) in [5.41, 5.74) is 2.95. The molecular weight excluding hydrogens is 166 g/mol.